The lowest BCUT2D eigenvalue weighted by atomic mass is 9.94. The van der Waals surface area contributed by atoms with Crippen LogP contribution in [-0.2, 0) is 21.7 Å². The lowest BCUT2D eigenvalue weighted by Crippen LogP contribution is -2.39. The first kappa shape index (κ1) is 13.7. The smallest absolute Gasteiger partial charge is 0.222 e. The third kappa shape index (κ3) is 2.01. The molecule has 5 nitrogen and oxygen atoms in total. The van der Waals surface area contributed by atoms with Crippen molar-refractivity contribution < 1.29 is 19.3 Å². The van der Waals surface area contributed by atoms with E-state index in [2.05, 4.69) is 4.98 Å². The molecule has 1 aromatic heterocycles. The molecule has 5 heteroatoms. The standard InChI is InChI=1S/C17H17NO4/c1-11(19)17(20-7-8-21-17)14-4-5-15-13(10-14)9-12-3-2-6-18-16(12)22-15/h2-6,10-11,19H,7-9H2,1H3. The van der Waals surface area contributed by atoms with Crippen LogP contribution >= 0.6 is 0 Å². The van der Waals surface area contributed by atoms with Gasteiger partial charge in [0.05, 0.1) is 13.2 Å². The molecular weight excluding hydrogens is 282 g/mol. The Bertz CT molecular complexity index is 708. The Kier molecular flexibility index (Phi) is 3.14. The normalized spacial score (nSPS) is 19.9. The average molecular weight is 299 g/mol. The van der Waals surface area contributed by atoms with Gasteiger partial charge in [-0.2, -0.15) is 0 Å². The fraction of sp³-hybridized carbons (Fsp3) is 0.353. The number of hydrogen-bond acceptors (Lipinski definition) is 5. The SMILES string of the molecule is CC(O)C1(c2ccc3c(c2)Cc2cccnc2O3)OCCO1. The molecule has 0 spiro atoms. The third-order valence-electron chi connectivity index (χ3n) is 4.17. The van der Waals surface area contributed by atoms with Crippen LogP contribution in [0.15, 0.2) is 36.5 Å². The Morgan fingerprint density at radius 2 is 2.00 bits per heavy atom. The minimum Gasteiger partial charge on any atom is -0.438 e. The summed E-state index contributed by atoms with van der Waals surface area (Å²) in [5.41, 5.74) is 2.90. The van der Waals surface area contributed by atoms with Crippen LogP contribution in [0.3, 0.4) is 0 Å². The summed E-state index contributed by atoms with van der Waals surface area (Å²) in [5.74, 6) is 0.361. The van der Waals surface area contributed by atoms with E-state index in [9.17, 15) is 5.11 Å². The molecule has 0 amide bonds. The Hall–Kier alpha value is -1.95. The summed E-state index contributed by atoms with van der Waals surface area (Å²) in [5, 5.41) is 10.1. The molecule has 1 aromatic carbocycles. The van der Waals surface area contributed by atoms with E-state index in [0.717, 1.165) is 28.9 Å². The van der Waals surface area contributed by atoms with Gasteiger partial charge < -0.3 is 19.3 Å². The zero-order chi connectivity index (χ0) is 15.2. The number of hydrogen-bond donors (Lipinski definition) is 1. The molecule has 4 rings (SSSR count). The molecule has 2 aliphatic rings. The van der Waals surface area contributed by atoms with Gasteiger partial charge in [0.1, 0.15) is 11.9 Å². The highest BCUT2D eigenvalue weighted by molar-refractivity contribution is 5.49. The first-order chi connectivity index (χ1) is 10.7. The first-order valence-electron chi connectivity index (χ1n) is 7.40. The number of nitrogens with zero attached hydrogens (tertiary/aromatic N) is 1. The molecular formula is C17H17NO4. The van der Waals surface area contributed by atoms with Gasteiger partial charge >= 0.3 is 0 Å². The summed E-state index contributed by atoms with van der Waals surface area (Å²) in [6, 6.07) is 9.66. The molecule has 2 aliphatic heterocycles. The van der Waals surface area contributed by atoms with Gasteiger partial charge in [0.2, 0.25) is 11.7 Å². The molecule has 114 valence electrons. The van der Waals surface area contributed by atoms with E-state index in [1.54, 1.807) is 13.1 Å². The van der Waals surface area contributed by atoms with E-state index in [1.807, 2.05) is 30.3 Å². The van der Waals surface area contributed by atoms with Crippen molar-refractivity contribution in [2.45, 2.75) is 25.2 Å². The molecule has 0 aliphatic carbocycles. The monoisotopic (exact) mass is 299 g/mol. The minimum atomic E-state index is -1.08. The molecule has 1 saturated heterocycles. The predicted octanol–water partition coefficient (Wildman–Crippen LogP) is 2.36. The van der Waals surface area contributed by atoms with Gasteiger partial charge in [0.25, 0.3) is 0 Å². The van der Waals surface area contributed by atoms with Crippen LogP contribution in [-0.4, -0.2) is 29.4 Å². The van der Waals surface area contributed by atoms with Crippen LogP contribution in [0.4, 0.5) is 0 Å². The van der Waals surface area contributed by atoms with Gasteiger partial charge in [-0.05, 0) is 36.8 Å². The van der Waals surface area contributed by atoms with Crippen molar-refractivity contribution in [2.75, 3.05) is 13.2 Å². The topological polar surface area (TPSA) is 60.8 Å². The highest BCUT2D eigenvalue weighted by Crippen LogP contribution is 2.40. The van der Waals surface area contributed by atoms with Gasteiger partial charge in [-0.25, -0.2) is 4.98 Å². The van der Waals surface area contributed by atoms with Crippen molar-refractivity contribution in [1.29, 1.82) is 0 Å². The van der Waals surface area contributed by atoms with Gasteiger partial charge in [0, 0.05) is 23.7 Å². The third-order valence-corrected chi connectivity index (χ3v) is 4.17. The number of aromatic nitrogens is 1. The van der Waals surface area contributed by atoms with E-state index >= 15 is 0 Å². The van der Waals surface area contributed by atoms with Crippen molar-refractivity contribution in [1.82, 2.24) is 4.98 Å². The van der Waals surface area contributed by atoms with Crippen molar-refractivity contribution in [3.05, 3.63) is 53.2 Å². The Morgan fingerprint density at radius 1 is 1.18 bits per heavy atom. The van der Waals surface area contributed by atoms with Crippen LogP contribution in [0.25, 0.3) is 0 Å². The predicted molar refractivity (Wildman–Crippen MR) is 78.8 cm³/mol. The second-order valence-corrected chi connectivity index (χ2v) is 5.61. The van der Waals surface area contributed by atoms with Gasteiger partial charge in [-0.3, -0.25) is 0 Å². The molecule has 2 aromatic rings. The van der Waals surface area contributed by atoms with E-state index in [0.29, 0.717) is 19.1 Å². The van der Waals surface area contributed by atoms with Crippen LogP contribution < -0.4 is 4.74 Å². The molecule has 1 fully saturated rings. The zero-order valence-corrected chi connectivity index (χ0v) is 12.3. The molecule has 1 atom stereocenters. The summed E-state index contributed by atoms with van der Waals surface area (Å²) in [6.07, 6.45) is 1.70. The quantitative estimate of drug-likeness (QED) is 0.787. The minimum absolute atomic E-state index is 0.477. The summed E-state index contributed by atoms with van der Waals surface area (Å²) in [7, 11) is 0. The van der Waals surface area contributed by atoms with Gasteiger partial charge in [0.15, 0.2) is 0 Å². The second kappa shape index (κ2) is 5.05. The Balaban J connectivity index is 1.74. The summed E-state index contributed by atoms with van der Waals surface area (Å²) in [6.45, 7) is 2.64. The van der Waals surface area contributed by atoms with E-state index in [1.165, 1.54) is 0 Å². The van der Waals surface area contributed by atoms with E-state index in [-0.39, 0.29) is 0 Å². The van der Waals surface area contributed by atoms with Crippen LogP contribution in [0.1, 0.15) is 23.6 Å². The number of rotatable bonds is 2. The van der Waals surface area contributed by atoms with Crippen molar-refractivity contribution >= 4 is 0 Å². The fourth-order valence-electron chi connectivity index (χ4n) is 3.07. The zero-order valence-electron chi connectivity index (χ0n) is 12.3. The maximum absolute atomic E-state index is 10.1. The number of pyridine rings is 1. The number of fused-ring (bicyclic) bond motifs is 2. The van der Waals surface area contributed by atoms with Crippen LogP contribution in [0.5, 0.6) is 11.6 Å². The molecule has 0 bridgehead atoms. The maximum atomic E-state index is 10.1. The maximum Gasteiger partial charge on any atom is 0.222 e. The fourth-order valence-corrected chi connectivity index (χ4v) is 3.07. The highest BCUT2D eigenvalue weighted by atomic mass is 16.7. The molecule has 22 heavy (non-hydrogen) atoms. The number of benzene rings is 1. The Labute approximate surface area is 128 Å². The molecule has 1 unspecified atom stereocenters. The summed E-state index contributed by atoms with van der Waals surface area (Å²) >= 11 is 0. The average Bonchev–Trinajstić information content (AvgIpc) is 3.03. The van der Waals surface area contributed by atoms with Crippen LogP contribution in [0, 0.1) is 0 Å². The molecule has 3 heterocycles. The second-order valence-electron chi connectivity index (χ2n) is 5.61. The van der Waals surface area contributed by atoms with Crippen molar-refractivity contribution in [2.24, 2.45) is 0 Å². The van der Waals surface area contributed by atoms with E-state index < -0.39 is 11.9 Å². The van der Waals surface area contributed by atoms with Gasteiger partial charge in [-0.1, -0.05) is 6.07 Å². The molecule has 1 N–H and O–H groups in total. The van der Waals surface area contributed by atoms with E-state index in [4.69, 9.17) is 14.2 Å². The van der Waals surface area contributed by atoms with Gasteiger partial charge in [-0.15, -0.1) is 0 Å². The lowest BCUT2D eigenvalue weighted by Gasteiger charge is -2.31. The summed E-state index contributed by atoms with van der Waals surface area (Å²) < 4.78 is 17.3. The largest absolute Gasteiger partial charge is 0.438 e. The molecule has 0 radical (unpaired) electrons. The lowest BCUT2D eigenvalue weighted by molar-refractivity contribution is -0.224. The number of aliphatic hydroxyl groups is 1. The van der Waals surface area contributed by atoms with Crippen LogP contribution in [0.2, 0.25) is 0 Å². The molecule has 0 saturated carbocycles. The number of ether oxygens (including phenoxy) is 3. The van der Waals surface area contributed by atoms with Crippen molar-refractivity contribution in [3.8, 4) is 11.6 Å². The first-order valence-corrected chi connectivity index (χ1v) is 7.40. The highest BCUT2D eigenvalue weighted by Gasteiger charge is 2.43. The summed E-state index contributed by atoms with van der Waals surface area (Å²) in [4.78, 5) is 4.25. The van der Waals surface area contributed by atoms with Crippen molar-refractivity contribution in [3.63, 3.8) is 0 Å². The Morgan fingerprint density at radius 3 is 2.77 bits per heavy atom. The number of aliphatic hydroxyl groups excluding tert-OH is 1.